The van der Waals surface area contributed by atoms with E-state index in [1.165, 1.54) is 5.56 Å². The standard InChI is InChI=1S/C19H20BrN3O2/c1-13(24)23-9-7-17-15(12-23)10-21-11-18(17)19(25)22-8-6-14-2-4-16(20)5-3-14/h2-5,10-11H,6-9,12H2,1H3,(H,22,25). The van der Waals surface area contributed by atoms with Crippen LogP contribution in [0.1, 0.15) is 34.0 Å². The number of benzene rings is 1. The van der Waals surface area contributed by atoms with Gasteiger partial charge in [0, 0.05) is 43.4 Å². The van der Waals surface area contributed by atoms with Crippen LogP contribution in [0.4, 0.5) is 0 Å². The molecule has 0 radical (unpaired) electrons. The van der Waals surface area contributed by atoms with Crippen molar-refractivity contribution in [2.75, 3.05) is 13.1 Å². The van der Waals surface area contributed by atoms with Crippen LogP contribution in [-0.2, 0) is 24.2 Å². The number of halogens is 1. The van der Waals surface area contributed by atoms with Gasteiger partial charge in [-0.3, -0.25) is 14.6 Å². The van der Waals surface area contributed by atoms with Crippen molar-refractivity contribution < 1.29 is 9.59 Å². The van der Waals surface area contributed by atoms with Gasteiger partial charge in [-0.2, -0.15) is 0 Å². The van der Waals surface area contributed by atoms with Crippen LogP contribution in [-0.4, -0.2) is 34.8 Å². The molecule has 0 saturated heterocycles. The lowest BCUT2D eigenvalue weighted by molar-refractivity contribution is -0.129. The van der Waals surface area contributed by atoms with Gasteiger partial charge >= 0.3 is 0 Å². The Labute approximate surface area is 155 Å². The van der Waals surface area contributed by atoms with Gasteiger partial charge in [-0.1, -0.05) is 28.1 Å². The van der Waals surface area contributed by atoms with E-state index < -0.39 is 0 Å². The van der Waals surface area contributed by atoms with Crippen molar-refractivity contribution in [3.63, 3.8) is 0 Å². The lowest BCUT2D eigenvalue weighted by Crippen LogP contribution is -2.36. The highest BCUT2D eigenvalue weighted by atomic mass is 79.9. The minimum absolute atomic E-state index is 0.0509. The topological polar surface area (TPSA) is 62.3 Å². The summed E-state index contributed by atoms with van der Waals surface area (Å²) in [5.41, 5.74) is 3.76. The van der Waals surface area contributed by atoms with Crippen molar-refractivity contribution in [1.29, 1.82) is 0 Å². The number of carbonyl (C=O) groups is 2. The fourth-order valence-electron chi connectivity index (χ4n) is 3.02. The number of nitrogens with one attached hydrogen (secondary N) is 1. The molecule has 1 aromatic carbocycles. The van der Waals surface area contributed by atoms with Gasteiger partial charge in [0.1, 0.15) is 0 Å². The Morgan fingerprint density at radius 2 is 2.00 bits per heavy atom. The molecule has 0 unspecified atom stereocenters. The average Bonchev–Trinajstić information content (AvgIpc) is 2.62. The number of pyridine rings is 1. The number of amides is 2. The Balaban J connectivity index is 1.64. The molecule has 1 N–H and O–H groups in total. The summed E-state index contributed by atoms with van der Waals surface area (Å²) in [7, 11) is 0. The van der Waals surface area contributed by atoms with E-state index in [9.17, 15) is 9.59 Å². The molecule has 2 amide bonds. The van der Waals surface area contributed by atoms with E-state index in [-0.39, 0.29) is 11.8 Å². The molecule has 0 spiro atoms. The average molecular weight is 402 g/mol. The van der Waals surface area contributed by atoms with E-state index in [0.29, 0.717) is 31.6 Å². The van der Waals surface area contributed by atoms with Crippen LogP contribution >= 0.6 is 15.9 Å². The highest BCUT2D eigenvalue weighted by Crippen LogP contribution is 2.21. The largest absolute Gasteiger partial charge is 0.352 e. The van der Waals surface area contributed by atoms with Crippen LogP contribution in [0.2, 0.25) is 0 Å². The van der Waals surface area contributed by atoms with Crippen LogP contribution in [0.3, 0.4) is 0 Å². The molecule has 0 atom stereocenters. The number of fused-ring (bicyclic) bond motifs is 1. The Morgan fingerprint density at radius 1 is 1.24 bits per heavy atom. The number of hydrogen-bond acceptors (Lipinski definition) is 3. The Kier molecular flexibility index (Phi) is 5.48. The molecule has 6 heteroatoms. The maximum Gasteiger partial charge on any atom is 0.253 e. The Bertz CT molecular complexity index is 790. The van der Waals surface area contributed by atoms with Crippen LogP contribution in [0.5, 0.6) is 0 Å². The van der Waals surface area contributed by atoms with Crippen molar-refractivity contribution in [1.82, 2.24) is 15.2 Å². The molecular formula is C19H20BrN3O2. The molecular weight excluding hydrogens is 382 g/mol. The van der Waals surface area contributed by atoms with Crippen molar-refractivity contribution in [2.45, 2.75) is 26.3 Å². The lowest BCUT2D eigenvalue weighted by atomic mass is 9.96. The first-order valence-corrected chi connectivity index (χ1v) is 9.08. The zero-order valence-corrected chi connectivity index (χ0v) is 15.7. The number of rotatable bonds is 4. The van der Waals surface area contributed by atoms with Crippen molar-refractivity contribution in [3.8, 4) is 0 Å². The number of aromatic nitrogens is 1. The fraction of sp³-hybridized carbons (Fsp3) is 0.316. The summed E-state index contributed by atoms with van der Waals surface area (Å²) in [5.74, 6) is -0.0484. The van der Waals surface area contributed by atoms with E-state index in [1.807, 2.05) is 24.3 Å². The summed E-state index contributed by atoms with van der Waals surface area (Å²) < 4.78 is 1.04. The van der Waals surface area contributed by atoms with Gasteiger partial charge in [0.2, 0.25) is 5.91 Å². The third-order valence-corrected chi connectivity index (χ3v) is 4.97. The van der Waals surface area contributed by atoms with E-state index in [2.05, 4.69) is 26.2 Å². The molecule has 1 aromatic heterocycles. The molecule has 5 nitrogen and oxygen atoms in total. The van der Waals surface area contributed by atoms with Crippen molar-refractivity contribution in [3.05, 3.63) is 63.4 Å². The van der Waals surface area contributed by atoms with E-state index in [0.717, 1.165) is 22.0 Å². The second-order valence-electron chi connectivity index (χ2n) is 6.15. The molecule has 0 aliphatic carbocycles. The maximum atomic E-state index is 12.5. The number of carbonyl (C=O) groups excluding carboxylic acids is 2. The third-order valence-electron chi connectivity index (χ3n) is 4.44. The van der Waals surface area contributed by atoms with Gasteiger partial charge in [0.15, 0.2) is 0 Å². The second kappa shape index (κ2) is 7.78. The highest BCUT2D eigenvalue weighted by molar-refractivity contribution is 9.10. The van der Waals surface area contributed by atoms with Gasteiger partial charge in [-0.15, -0.1) is 0 Å². The molecule has 1 aliphatic heterocycles. The van der Waals surface area contributed by atoms with Gasteiger partial charge in [-0.25, -0.2) is 0 Å². The molecule has 0 bridgehead atoms. The van der Waals surface area contributed by atoms with Crippen LogP contribution < -0.4 is 5.32 Å². The van der Waals surface area contributed by atoms with Crippen LogP contribution in [0.25, 0.3) is 0 Å². The van der Waals surface area contributed by atoms with Gasteiger partial charge in [0.25, 0.3) is 5.91 Å². The summed E-state index contributed by atoms with van der Waals surface area (Å²) in [5, 5.41) is 2.97. The molecule has 25 heavy (non-hydrogen) atoms. The number of nitrogens with zero attached hydrogens (tertiary/aromatic N) is 2. The van der Waals surface area contributed by atoms with Gasteiger partial charge < -0.3 is 10.2 Å². The number of hydrogen-bond donors (Lipinski definition) is 1. The second-order valence-corrected chi connectivity index (χ2v) is 7.06. The summed E-state index contributed by atoms with van der Waals surface area (Å²) in [6.45, 7) is 3.31. The fourth-order valence-corrected chi connectivity index (χ4v) is 3.29. The van der Waals surface area contributed by atoms with E-state index in [4.69, 9.17) is 0 Å². The predicted molar refractivity (Wildman–Crippen MR) is 99.2 cm³/mol. The molecule has 130 valence electrons. The minimum Gasteiger partial charge on any atom is -0.352 e. The summed E-state index contributed by atoms with van der Waals surface area (Å²) in [6, 6.07) is 8.07. The summed E-state index contributed by atoms with van der Waals surface area (Å²) >= 11 is 3.41. The zero-order valence-electron chi connectivity index (χ0n) is 14.1. The SMILES string of the molecule is CC(=O)N1CCc2c(cncc2C(=O)NCCc2ccc(Br)cc2)C1. The normalized spacial score (nSPS) is 13.3. The van der Waals surface area contributed by atoms with Gasteiger partial charge in [-0.05, 0) is 41.7 Å². The quantitative estimate of drug-likeness (QED) is 0.856. The first kappa shape index (κ1) is 17.6. The molecule has 2 heterocycles. The molecule has 3 rings (SSSR count). The highest BCUT2D eigenvalue weighted by Gasteiger charge is 2.23. The predicted octanol–water partition coefficient (Wildman–Crippen LogP) is 2.72. The van der Waals surface area contributed by atoms with E-state index in [1.54, 1.807) is 24.2 Å². The summed E-state index contributed by atoms with van der Waals surface area (Å²) in [6.07, 6.45) is 4.84. The monoisotopic (exact) mass is 401 g/mol. The molecule has 0 saturated carbocycles. The van der Waals surface area contributed by atoms with Crippen molar-refractivity contribution in [2.24, 2.45) is 0 Å². The molecule has 1 aliphatic rings. The Hall–Kier alpha value is -2.21. The van der Waals surface area contributed by atoms with Crippen molar-refractivity contribution >= 4 is 27.7 Å². The first-order valence-electron chi connectivity index (χ1n) is 8.28. The maximum absolute atomic E-state index is 12.5. The lowest BCUT2D eigenvalue weighted by Gasteiger charge is -2.28. The third kappa shape index (κ3) is 4.25. The zero-order chi connectivity index (χ0) is 17.8. The van der Waals surface area contributed by atoms with Gasteiger partial charge in [0.05, 0.1) is 5.56 Å². The molecule has 0 fully saturated rings. The molecule has 2 aromatic rings. The van der Waals surface area contributed by atoms with Crippen LogP contribution in [0.15, 0.2) is 41.1 Å². The Morgan fingerprint density at radius 3 is 2.72 bits per heavy atom. The summed E-state index contributed by atoms with van der Waals surface area (Å²) in [4.78, 5) is 30.0. The smallest absolute Gasteiger partial charge is 0.253 e. The van der Waals surface area contributed by atoms with Crippen LogP contribution in [0, 0.1) is 0 Å². The van der Waals surface area contributed by atoms with E-state index >= 15 is 0 Å². The first-order chi connectivity index (χ1) is 12.0. The minimum atomic E-state index is -0.0993.